The Kier molecular flexibility index (Phi) is 7.83. The van der Waals surface area contributed by atoms with Crippen LogP contribution in [-0.4, -0.2) is 19.9 Å². The summed E-state index contributed by atoms with van der Waals surface area (Å²) in [5.41, 5.74) is 33.5. The average Bonchev–Trinajstić information content (AvgIpc) is 4.14. The highest BCUT2D eigenvalue weighted by molar-refractivity contribution is 6.06. The van der Waals surface area contributed by atoms with Crippen LogP contribution in [0.3, 0.4) is 0 Å². The van der Waals surface area contributed by atoms with Crippen molar-refractivity contribution in [2.45, 2.75) is 98.7 Å². The molecule has 0 fully saturated rings. The van der Waals surface area contributed by atoms with E-state index in [1.54, 1.807) is 0 Å². The van der Waals surface area contributed by atoms with Gasteiger partial charge in [0.1, 0.15) is 0 Å². The number of hydrogen-bond donors (Lipinski definition) is 2. The Morgan fingerprint density at radius 3 is 0.637 bits per heavy atom. The van der Waals surface area contributed by atoms with Crippen molar-refractivity contribution in [3.63, 3.8) is 0 Å². The fraction of sp³-hybridized carbons (Fsp3) is 0.211. The molecule has 0 saturated heterocycles. The first-order valence-corrected chi connectivity index (χ1v) is 30.0. The summed E-state index contributed by atoms with van der Waals surface area (Å²) in [6.45, 7) is 0. The third-order valence-electron chi connectivity index (χ3n) is 22.1. The molecule has 12 aliphatic carbocycles. The number of aromatic nitrogens is 4. The second-order valence-electron chi connectivity index (χ2n) is 25.6. The Morgan fingerprint density at radius 2 is 0.425 bits per heavy atom. The van der Waals surface area contributed by atoms with E-state index < -0.39 is 0 Å². The van der Waals surface area contributed by atoms with E-state index in [4.69, 9.17) is 9.97 Å². The molecule has 0 amide bonds. The van der Waals surface area contributed by atoms with Gasteiger partial charge in [0.25, 0.3) is 0 Å². The molecule has 5 heterocycles. The third kappa shape index (κ3) is 5.30. The SMILES string of the molecule is c1ccc2cc3c(cc2c1)C1CCC3C2=C1c1cc3[nH]c(cc4nc(cc5[nH]c(cc2n1)c1c5C2CCC1c1cc5ccccc5cc12)C1=C4C2CCC1c1cc4ccccc4cc12)c1c3C2CCC1c1cc3ccccc3cc12. The number of rotatable bonds is 0. The molecule has 8 aromatic carbocycles. The van der Waals surface area contributed by atoms with Gasteiger partial charge >= 0.3 is 0 Å². The van der Waals surface area contributed by atoms with Gasteiger partial charge in [0.15, 0.2) is 0 Å². The zero-order chi connectivity index (χ0) is 51.4. The first-order chi connectivity index (χ1) is 39.6. The van der Waals surface area contributed by atoms with Gasteiger partial charge in [-0.3, -0.25) is 0 Å². The molecule has 3 aromatic heterocycles. The summed E-state index contributed by atoms with van der Waals surface area (Å²) >= 11 is 0. The fourth-order valence-corrected chi connectivity index (χ4v) is 19.1. The molecule has 2 aliphatic heterocycles. The number of nitrogens with one attached hydrogen (secondary N) is 2. The van der Waals surface area contributed by atoms with Crippen LogP contribution in [0, 0.1) is 0 Å². The Labute approximate surface area is 463 Å². The van der Waals surface area contributed by atoms with Gasteiger partial charge in [0.05, 0.1) is 22.8 Å². The summed E-state index contributed by atoms with van der Waals surface area (Å²) in [7, 11) is 0. The lowest BCUT2D eigenvalue weighted by atomic mass is 9.62. The fourth-order valence-electron chi connectivity index (χ4n) is 19.1. The van der Waals surface area contributed by atoms with Crippen molar-refractivity contribution in [2.24, 2.45) is 0 Å². The summed E-state index contributed by atoms with van der Waals surface area (Å²) in [6, 6.07) is 66.6. The van der Waals surface area contributed by atoms with Crippen LogP contribution < -0.4 is 0 Å². The van der Waals surface area contributed by atoms with Crippen LogP contribution in [-0.2, 0) is 0 Å². The van der Waals surface area contributed by atoms with Crippen molar-refractivity contribution in [1.29, 1.82) is 0 Å². The van der Waals surface area contributed by atoms with E-state index in [-0.39, 0.29) is 23.7 Å². The van der Waals surface area contributed by atoms with E-state index in [9.17, 15) is 0 Å². The summed E-state index contributed by atoms with van der Waals surface area (Å²) in [5.74, 6) is 2.30. The van der Waals surface area contributed by atoms with Crippen molar-refractivity contribution in [3.8, 4) is 0 Å². The van der Waals surface area contributed by atoms with Crippen molar-refractivity contribution in [3.05, 3.63) is 259 Å². The molecule has 80 heavy (non-hydrogen) atoms. The molecule has 0 spiro atoms. The van der Waals surface area contributed by atoms with Crippen LogP contribution >= 0.6 is 0 Å². The molecule has 0 saturated carbocycles. The average molecular weight is 1020 g/mol. The summed E-state index contributed by atoms with van der Waals surface area (Å²) in [5, 5.41) is 10.7. The lowest BCUT2D eigenvalue weighted by Gasteiger charge is -2.40. The quantitative estimate of drug-likeness (QED) is 0.159. The number of allylic oxidation sites excluding steroid dienone is 4. The van der Waals surface area contributed by atoms with Gasteiger partial charge in [-0.25, -0.2) is 9.97 Å². The molecule has 16 bridgehead atoms. The van der Waals surface area contributed by atoms with E-state index in [1.807, 2.05) is 0 Å². The summed E-state index contributed by atoms with van der Waals surface area (Å²) in [4.78, 5) is 20.7. The first kappa shape index (κ1) is 42.4. The van der Waals surface area contributed by atoms with E-state index in [1.165, 1.54) is 154 Å². The number of nitrogens with zero attached hydrogens (tertiary/aromatic N) is 2. The van der Waals surface area contributed by atoms with Gasteiger partial charge < -0.3 is 9.97 Å². The van der Waals surface area contributed by atoms with Gasteiger partial charge in [-0.05, 0) is 208 Å². The van der Waals surface area contributed by atoms with E-state index in [0.29, 0.717) is 23.7 Å². The molecule has 378 valence electrons. The standard InChI is InChI=1S/C76H54N4/c1-2-10-38-26-54-46-18-17-45(53(54)25-37(38)9-1)69-61-33-63-71-47-19-20-49(57-29-41-13-4-3-11-39(41)27-55(47)57)73(71)65(78-63)35-67-75-51-23-24-52(60-32-44-16-8-7-15-43(44)31-59(51)60)76(75)68(80-67)36-66-74-50-22-21-48(72(74)64(79-66)34-62(77-61)70(46)69)56-28-40-12-5-6-14-42(40)30-58(50)56/h1-16,25-36,45-52,77,80H,17-24H2. The predicted molar refractivity (Wildman–Crippen MR) is 326 cm³/mol. The molecule has 0 radical (unpaired) electrons. The monoisotopic (exact) mass is 1020 g/mol. The molecule has 4 nitrogen and oxygen atoms in total. The topological polar surface area (TPSA) is 57.4 Å². The highest BCUT2D eigenvalue weighted by Gasteiger charge is 2.48. The van der Waals surface area contributed by atoms with Crippen LogP contribution in [0.5, 0.6) is 0 Å². The zero-order valence-electron chi connectivity index (χ0n) is 44.3. The third-order valence-corrected chi connectivity index (χ3v) is 22.1. The summed E-state index contributed by atoms with van der Waals surface area (Å²) < 4.78 is 0. The summed E-state index contributed by atoms with van der Waals surface area (Å²) in [6.07, 6.45) is 9.17. The van der Waals surface area contributed by atoms with Crippen LogP contribution in [0.1, 0.15) is 188 Å². The van der Waals surface area contributed by atoms with Crippen LogP contribution in [0.25, 0.3) is 87.4 Å². The molecule has 11 aromatic rings. The predicted octanol–water partition coefficient (Wildman–Crippen LogP) is 18.8. The maximum Gasteiger partial charge on any atom is 0.0699 e. The Morgan fingerprint density at radius 1 is 0.237 bits per heavy atom. The smallest absolute Gasteiger partial charge is 0.0699 e. The molecular formula is C76H54N4. The van der Waals surface area contributed by atoms with Crippen molar-refractivity contribution >= 4 is 87.4 Å². The van der Waals surface area contributed by atoms with Crippen LogP contribution in [0.2, 0.25) is 0 Å². The Hall–Kier alpha value is -8.60. The van der Waals surface area contributed by atoms with Crippen molar-refractivity contribution in [1.82, 2.24) is 19.9 Å². The highest BCUT2D eigenvalue weighted by atomic mass is 14.8. The number of H-pyrrole nitrogens is 2. The van der Waals surface area contributed by atoms with Crippen molar-refractivity contribution in [2.75, 3.05) is 0 Å². The van der Waals surface area contributed by atoms with Gasteiger partial charge in [-0.15, -0.1) is 0 Å². The number of hydrogen-bond acceptors (Lipinski definition) is 2. The highest BCUT2D eigenvalue weighted by Crippen LogP contribution is 2.65. The normalized spacial score (nSPS) is 24.5. The van der Waals surface area contributed by atoms with Crippen LogP contribution in [0.4, 0.5) is 0 Å². The number of benzene rings is 8. The molecule has 8 unspecified atom stereocenters. The largest absolute Gasteiger partial charge is 0.355 e. The lowest BCUT2D eigenvalue weighted by Crippen LogP contribution is -2.24. The second kappa shape index (κ2) is 14.8. The van der Waals surface area contributed by atoms with Gasteiger partial charge in [0.2, 0.25) is 0 Å². The van der Waals surface area contributed by atoms with Gasteiger partial charge in [0, 0.05) is 69.4 Å². The van der Waals surface area contributed by atoms with E-state index in [0.717, 1.165) is 74.1 Å². The Balaban J connectivity index is 0.891. The zero-order valence-corrected chi connectivity index (χ0v) is 44.3. The molecule has 8 atom stereocenters. The van der Waals surface area contributed by atoms with Crippen molar-refractivity contribution < 1.29 is 0 Å². The molecule has 14 aliphatic rings. The minimum Gasteiger partial charge on any atom is -0.355 e. The second-order valence-corrected chi connectivity index (χ2v) is 25.6. The molecule has 25 rings (SSSR count). The minimum atomic E-state index is 0.282. The number of aromatic amines is 2. The molecular weight excluding hydrogens is 969 g/mol. The van der Waals surface area contributed by atoms with Crippen LogP contribution in [0.15, 0.2) is 170 Å². The van der Waals surface area contributed by atoms with Gasteiger partial charge in [-0.2, -0.15) is 0 Å². The van der Waals surface area contributed by atoms with E-state index >= 15 is 0 Å². The van der Waals surface area contributed by atoms with E-state index in [2.05, 4.69) is 180 Å². The molecule has 4 heteroatoms. The lowest BCUT2D eigenvalue weighted by molar-refractivity contribution is 0.528. The number of fused-ring (bicyclic) bond motifs is 16. The van der Waals surface area contributed by atoms with Gasteiger partial charge in [-0.1, -0.05) is 146 Å². The maximum absolute atomic E-state index is 6.04. The minimum absolute atomic E-state index is 0.282. The maximum atomic E-state index is 6.04. The first-order valence-electron chi connectivity index (χ1n) is 30.0. The Bertz CT molecular complexity index is 4420. The molecule has 2 N–H and O–H groups in total.